The smallest absolute Gasteiger partial charge is 0.308 e. The van der Waals surface area contributed by atoms with Gasteiger partial charge in [-0.2, -0.15) is 0 Å². The van der Waals surface area contributed by atoms with Crippen LogP contribution in [-0.2, 0) is 11.2 Å². The Morgan fingerprint density at radius 2 is 1.90 bits per heavy atom. The molecule has 20 heavy (non-hydrogen) atoms. The van der Waals surface area contributed by atoms with Gasteiger partial charge in [0.05, 0.1) is 6.42 Å². The first-order valence-corrected chi connectivity index (χ1v) is 6.40. The minimum atomic E-state index is -1.00. The van der Waals surface area contributed by atoms with Gasteiger partial charge in [-0.05, 0) is 32.4 Å². The zero-order valence-corrected chi connectivity index (χ0v) is 11.8. The molecule has 1 N–H and O–H groups in total. The van der Waals surface area contributed by atoms with Gasteiger partial charge in [-0.3, -0.25) is 9.59 Å². The van der Waals surface area contributed by atoms with Crippen LogP contribution in [0.5, 0.6) is 0 Å². The Morgan fingerprint density at radius 3 is 2.50 bits per heavy atom. The molecule has 2 rings (SSSR count). The molecule has 1 aromatic heterocycles. The van der Waals surface area contributed by atoms with Crippen LogP contribution < -0.4 is 5.43 Å². The summed E-state index contributed by atoms with van der Waals surface area (Å²) in [6, 6.07) is 7.52. The molecule has 1 aromatic carbocycles. The first-order chi connectivity index (χ1) is 9.38. The van der Waals surface area contributed by atoms with Gasteiger partial charge in [0.1, 0.15) is 0 Å². The van der Waals surface area contributed by atoms with Gasteiger partial charge in [-0.15, -0.1) is 0 Å². The second-order valence-corrected chi connectivity index (χ2v) is 5.03. The number of carboxylic acids is 1. The standard InChI is InChI=1S/C16H17NO3/c1-10-4-5-14(11(2)6-10)17-9-13(8-16(19)20)15(18)7-12(17)3/h4-7,9H,8H2,1-3H3,(H,19,20). The minimum Gasteiger partial charge on any atom is -0.481 e. The predicted octanol–water partition coefficient (Wildman–Crippen LogP) is 2.39. The van der Waals surface area contributed by atoms with Crippen LogP contribution in [0, 0.1) is 20.8 Å². The number of rotatable bonds is 3. The summed E-state index contributed by atoms with van der Waals surface area (Å²) < 4.78 is 1.87. The third kappa shape index (κ3) is 2.79. The largest absolute Gasteiger partial charge is 0.481 e. The fourth-order valence-corrected chi connectivity index (χ4v) is 2.30. The molecule has 4 nitrogen and oxygen atoms in total. The molecule has 0 spiro atoms. The highest BCUT2D eigenvalue weighted by Crippen LogP contribution is 2.17. The van der Waals surface area contributed by atoms with Crippen LogP contribution in [0.1, 0.15) is 22.4 Å². The van der Waals surface area contributed by atoms with Gasteiger partial charge in [0, 0.05) is 29.2 Å². The van der Waals surface area contributed by atoms with Crippen LogP contribution in [0.3, 0.4) is 0 Å². The number of nitrogens with zero attached hydrogens (tertiary/aromatic N) is 1. The summed E-state index contributed by atoms with van der Waals surface area (Å²) in [7, 11) is 0. The first-order valence-electron chi connectivity index (χ1n) is 6.40. The second-order valence-electron chi connectivity index (χ2n) is 5.03. The van der Waals surface area contributed by atoms with Crippen molar-refractivity contribution >= 4 is 5.97 Å². The summed E-state index contributed by atoms with van der Waals surface area (Å²) in [4.78, 5) is 22.6. The van der Waals surface area contributed by atoms with E-state index in [1.165, 1.54) is 6.07 Å². The highest BCUT2D eigenvalue weighted by Gasteiger charge is 2.10. The van der Waals surface area contributed by atoms with Crippen LogP contribution in [-0.4, -0.2) is 15.6 Å². The number of aromatic nitrogens is 1. The molecule has 0 aliphatic heterocycles. The van der Waals surface area contributed by atoms with Crippen LogP contribution in [0.25, 0.3) is 5.69 Å². The normalized spacial score (nSPS) is 10.6. The molecule has 0 unspecified atom stereocenters. The number of pyridine rings is 1. The van der Waals surface area contributed by atoms with Crippen molar-refractivity contribution in [3.05, 3.63) is 63.1 Å². The molecular weight excluding hydrogens is 254 g/mol. The lowest BCUT2D eigenvalue weighted by Crippen LogP contribution is -2.17. The molecule has 0 saturated carbocycles. The minimum absolute atomic E-state index is 0.231. The molecule has 0 aliphatic carbocycles. The number of carbonyl (C=O) groups is 1. The van der Waals surface area contributed by atoms with Gasteiger partial charge in [-0.25, -0.2) is 0 Å². The van der Waals surface area contributed by atoms with Crippen molar-refractivity contribution in [2.24, 2.45) is 0 Å². The molecule has 4 heteroatoms. The average molecular weight is 271 g/mol. The lowest BCUT2D eigenvalue weighted by atomic mass is 10.1. The van der Waals surface area contributed by atoms with Crippen molar-refractivity contribution in [3.63, 3.8) is 0 Å². The second kappa shape index (κ2) is 5.33. The van der Waals surface area contributed by atoms with E-state index in [9.17, 15) is 9.59 Å². The molecule has 0 fully saturated rings. The van der Waals surface area contributed by atoms with E-state index in [-0.39, 0.29) is 11.8 Å². The molecular formula is C16H17NO3. The summed E-state index contributed by atoms with van der Waals surface area (Å²) in [6.07, 6.45) is 1.37. The van der Waals surface area contributed by atoms with Gasteiger partial charge < -0.3 is 9.67 Å². The Kier molecular flexibility index (Phi) is 3.74. The zero-order chi connectivity index (χ0) is 14.9. The Hall–Kier alpha value is -2.36. The third-order valence-corrected chi connectivity index (χ3v) is 3.27. The zero-order valence-electron chi connectivity index (χ0n) is 11.8. The molecule has 2 aromatic rings. The van der Waals surface area contributed by atoms with Gasteiger partial charge >= 0.3 is 5.97 Å². The van der Waals surface area contributed by atoms with Crippen molar-refractivity contribution in [2.75, 3.05) is 0 Å². The number of carboxylic acid groups (broad SMARTS) is 1. The van der Waals surface area contributed by atoms with Gasteiger partial charge in [0.25, 0.3) is 0 Å². The monoisotopic (exact) mass is 271 g/mol. The van der Waals surface area contributed by atoms with Crippen LogP contribution in [0.15, 0.2) is 35.3 Å². The maximum Gasteiger partial charge on any atom is 0.308 e. The van der Waals surface area contributed by atoms with E-state index >= 15 is 0 Å². The molecule has 0 saturated heterocycles. The summed E-state index contributed by atoms with van der Waals surface area (Å²) in [5.41, 5.74) is 4.05. The van der Waals surface area contributed by atoms with E-state index in [1.807, 2.05) is 37.5 Å². The molecule has 0 amide bonds. The topological polar surface area (TPSA) is 59.3 Å². The molecule has 0 atom stereocenters. The lowest BCUT2D eigenvalue weighted by molar-refractivity contribution is -0.136. The molecule has 1 heterocycles. The third-order valence-electron chi connectivity index (χ3n) is 3.27. The fraction of sp³-hybridized carbons (Fsp3) is 0.250. The molecule has 0 bridgehead atoms. The maximum atomic E-state index is 11.8. The SMILES string of the molecule is Cc1ccc(-n2cc(CC(=O)O)c(=O)cc2C)c(C)c1. The average Bonchev–Trinajstić information content (AvgIpc) is 2.33. The van der Waals surface area contributed by atoms with Crippen molar-refractivity contribution in [1.29, 1.82) is 0 Å². The van der Waals surface area contributed by atoms with Gasteiger partial charge in [0.15, 0.2) is 5.43 Å². The summed E-state index contributed by atoms with van der Waals surface area (Å²) in [6.45, 7) is 5.85. The number of hydrogen-bond acceptors (Lipinski definition) is 2. The number of aliphatic carboxylic acids is 1. The quantitative estimate of drug-likeness (QED) is 0.932. The number of aryl methyl sites for hydroxylation is 3. The van der Waals surface area contributed by atoms with E-state index in [2.05, 4.69) is 6.07 Å². The maximum absolute atomic E-state index is 11.8. The lowest BCUT2D eigenvalue weighted by Gasteiger charge is -2.15. The number of benzene rings is 1. The summed E-state index contributed by atoms with van der Waals surface area (Å²) in [5, 5.41) is 8.86. The molecule has 104 valence electrons. The Labute approximate surface area is 117 Å². The summed E-state index contributed by atoms with van der Waals surface area (Å²) in [5.74, 6) is -1.00. The highest BCUT2D eigenvalue weighted by atomic mass is 16.4. The fourth-order valence-electron chi connectivity index (χ4n) is 2.30. The van der Waals surface area contributed by atoms with E-state index in [4.69, 9.17) is 5.11 Å². The van der Waals surface area contributed by atoms with Gasteiger partial charge in [0.2, 0.25) is 0 Å². The van der Waals surface area contributed by atoms with E-state index in [0.29, 0.717) is 5.56 Å². The molecule has 0 radical (unpaired) electrons. The van der Waals surface area contributed by atoms with Crippen molar-refractivity contribution in [3.8, 4) is 5.69 Å². The molecule has 0 aliphatic rings. The number of hydrogen-bond donors (Lipinski definition) is 1. The predicted molar refractivity (Wildman–Crippen MR) is 77.6 cm³/mol. The van der Waals surface area contributed by atoms with E-state index in [1.54, 1.807) is 6.20 Å². The van der Waals surface area contributed by atoms with Crippen molar-refractivity contribution in [1.82, 2.24) is 4.57 Å². The Balaban J connectivity index is 2.61. The Morgan fingerprint density at radius 1 is 1.20 bits per heavy atom. The van der Waals surface area contributed by atoms with Crippen LogP contribution >= 0.6 is 0 Å². The first kappa shape index (κ1) is 14.1. The van der Waals surface area contributed by atoms with Gasteiger partial charge in [-0.1, -0.05) is 17.7 Å². The van der Waals surface area contributed by atoms with Crippen LogP contribution in [0.2, 0.25) is 0 Å². The summed E-state index contributed by atoms with van der Waals surface area (Å²) >= 11 is 0. The van der Waals surface area contributed by atoms with Crippen molar-refractivity contribution < 1.29 is 9.90 Å². The highest BCUT2D eigenvalue weighted by molar-refractivity contribution is 5.70. The van der Waals surface area contributed by atoms with E-state index < -0.39 is 5.97 Å². The van der Waals surface area contributed by atoms with E-state index in [0.717, 1.165) is 22.5 Å². The van der Waals surface area contributed by atoms with Crippen LogP contribution in [0.4, 0.5) is 0 Å². The van der Waals surface area contributed by atoms with Crippen molar-refractivity contribution in [2.45, 2.75) is 27.2 Å². The Bertz CT molecular complexity index is 729.